The molecule has 3 rings (SSSR count). The topological polar surface area (TPSA) is 122 Å². The molecule has 1 N–H and O–H groups in total. The van der Waals surface area contributed by atoms with Crippen LogP contribution >= 0.6 is 0 Å². The van der Waals surface area contributed by atoms with E-state index < -0.39 is 9.85 Å². The number of hydrogen-bond donors (Lipinski definition) is 1. The summed E-state index contributed by atoms with van der Waals surface area (Å²) in [5.74, 6) is -0.142. The number of benzene rings is 2. The van der Waals surface area contributed by atoms with Crippen LogP contribution in [0.4, 0.5) is 22.7 Å². The zero-order valence-corrected chi connectivity index (χ0v) is 15.7. The van der Waals surface area contributed by atoms with E-state index in [1.165, 1.54) is 36.4 Å². The van der Waals surface area contributed by atoms with Gasteiger partial charge in [0.1, 0.15) is 0 Å². The van der Waals surface area contributed by atoms with Crippen molar-refractivity contribution in [2.45, 2.75) is 6.42 Å². The summed E-state index contributed by atoms with van der Waals surface area (Å²) >= 11 is 0. The Labute approximate surface area is 167 Å². The van der Waals surface area contributed by atoms with Crippen LogP contribution in [-0.2, 0) is 4.79 Å². The molecule has 0 radical (unpaired) electrons. The zero-order chi connectivity index (χ0) is 20.8. The molecule has 10 nitrogen and oxygen atoms in total. The maximum absolute atomic E-state index is 12.1. The van der Waals surface area contributed by atoms with E-state index in [-0.39, 0.29) is 17.3 Å². The lowest BCUT2D eigenvalue weighted by Gasteiger charge is -2.36. The lowest BCUT2D eigenvalue weighted by atomic mass is 10.2. The predicted molar refractivity (Wildman–Crippen MR) is 108 cm³/mol. The van der Waals surface area contributed by atoms with Crippen LogP contribution in [-0.4, -0.2) is 53.4 Å². The lowest BCUT2D eigenvalue weighted by molar-refractivity contribution is -0.385. The summed E-state index contributed by atoms with van der Waals surface area (Å²) in [6.07, 6.45) is 0.328. The second-order valence-electron chi connectivity index (χ2n) is 6.70. The van der Waals surface area contributed by atoms with E-state index in [1.807, 2.05) is 0 Å². The van der Waals surface area contributed by atoms with Gasteiger partial charge >= 0.3 is 0 Å². The van der Waals surface area contributed by atoms with Gasteiger partial charge in [-0.1, -0.05) is 0 Å². The second-order valence-corrected chi connectivity index (χ2v) is 6.70. The van der Waals surface area contributed by atoms with Gasteiger partial charge in [-0.25, -0.2) is 0 Å². The Morgan fingerprint density at radius 2 is 1.38 bits per heavy atom. The average molecular weight is 399 g/mol. The largest absolute Gasteiger partial charge is 0.369 e. The number of carbonyl (C=O) groups is 1. The fraction of sp³-hybridized carbons (Fsp3) is 0.316. The minimum absolute atomic E-state index is 0.0195. The maximum atomic E-state index is 12.1. The van der Waals surface area contributed by atoms with Gasteiger partial charge in [0.05, 0.1) is 9.85 Å². The number of carbonyl (C=O) groups excluding carboxylic acids is 1. The molecule has 1 aliphatic heterocycles. The number of nitro groups is 2. The van der Waals surface area contributed by atoms with E-state index in [0.717, 1.165) is 31.9 Å². The number of anilines is 2. The monoisotopic (exact) mass is 399 g/mol. The van der Waals surface area contributed by atoms with Crippen molar-refractivity contribution in [3.05, 3.63) is 68.8 Å². The summed E-state index contributed by atoms with van der Waals surface area (Å²) in [4.78, 5) is 37.0. The molecule has 0 saturated carbocycles. The van der Waals surface area contributed by atoms with Crippen LogP contribution in [0.15, 0.2) is 48.5 Å². The molecule has 1 saturated heterocycles. The van der Waals surface area contributed by atoms with Gasteiger partial charge in [-0.2, -0.15) is 0 Å². The lowest BCUT2D eigenvalue weighted by Crippen LogP contribution is -2.47. The highest BCUT2D eigenvalue weighted by atomic mass is 16.6. The molecule has 2 aromatic rings. The highest BCUT2D eigenvalue weighted by Crippen LogP contribution is 2.21. The minimum atomic E-state index is -0.484. The first kappa shape index (κ1) is 20.2. The molecule has 2 aromatic carbocycles. The van der Waals surface area contributed by atoms with E-state index in [9.17, 15) is 25.0 Å². The third kappa shape index (κ3) is 5.48. The smallest absolute Gasteiger partial charge is 0.269 e. The van der Waals surface area contributed by atoms with Crippen molar-refractivity contribution in [3.8, 4) is 0 Å². The number of hydrogen-bond acceptors (Lipinski definition) is 7. The predicted octanol–water partition coefficient (Wildman–Crippen LogP) is 2.65. The molecular formula is C19H21N5O5. The maximum Gasteiger partial charge on any atom is 0.269 e. The summed E-state index contributed by atoms with van der Waals surface area (Å²) in [6.45, 7) is 3.76. The molecule has 152 valence electrons. The van der Waals surface area contributed by atoms with Gasteiger partial charge in [0.25, 0.3) is 11.4 Å². The Morgan fingerprint density at radius 3 is 1.90 bits per heavy atom. The van der Waals surface area contributed by atoms with Gasteiger partial charge < -0.3 is 10.2 Å². The summed E-state index contributed by atoms with van der Waals surface area (Å²) in [5, 5.41) is 24.1. The van der Waals surface area contributed by atoms with E-state index in [4.69, 9.17) is 0 Å². The normalized spacial score (nSPS) is 14.4. The highest BCUT2D eigenvalue weighted by molar-refractivity contribution is 5.90. The summed E-state index contributed by atoms with van der Waals surface area (Å²) in [7, 11) is 0. The van der Waals surface area contributed by atoms with Crippen molar-refractivity contribution < 1.29 is 14.6 Å². The molecule has 10 heteroatoms. The first-order valence-electron chi connectivity index (χ1n) is 9.18. The van der Waals surface area contributed by atoms with Crippen molar-refractivity contribution >= 4 is 28.7 Å². The third-order valence-corrected chi connectivity index (χ3v) is 4.81. The van der Waals surface area contributed by atoms with Crippen LogP contribution in [0.5, 0.6) is 0 Å². The first-order chi connectivity index (χ1) is 13.9. The van der Waals surface area contributed by atoms with Crippen LogP contribution in [0.1, 0.15) is 6.42 Å². The fourth-order valence-corrected chi connectivity index (χ4v) is 3.16. The van der Waals surface area contributed by atoms with Crippen LogP contribution in [0.2, 0.25) is 0 Å². The van der Waals surface area contributed by atoms with Gasteiger partial charge in [0.15, 0.2) is 0 Å². The van der Waals surface area contributed by atoms with E-state index in [2.05, 4.69) is 15.1 Å². The number of rotatable bonds is 7. The molecule has 29 heavy (non-hydrogen) atoms. The van der Waals surface area contributed by atoms with Crippen LogP contribution in [0.25, 0.3) is 0 Å². The van der Waals surface area contributed by atoms with Gasteiger partial charge in [-0.3, -0.25) is 29.9 Å². The quantitative estimate of drug-likeness (QED) is 0.561. The van der Waals surface area contributed by atoms with Crippen molar-refractivity contribution in [1.29, 1.82) is 0 Å². The molecule has 0 aliphatic carbocycles. The zero-order valence-electron chi connectivity index (χ0n) is 15.7. The minimum Gasteiger partial charge on any atom is -0.369 e. The molecule has 0 spiro atoms. The Bertz CT molecular complexity index is 877. The van der Waals surface area contributed by atoms with E-state index >= 15 is 0 Å². The molecule has 1 aliphatic rings. The Kier molecular flexibility index (Phi) is 6.35. The third-order valence-electron chi connectivity index (χ3n) is 4.81. The van der Waals surface area contributed by atoms with Crippen molar-refractivity contribution in [2.75, 3.05) is 42.9 Å². The SMILES string of the molecule is O=C(CCN1CCN(c2ccc([N+](=O)[O-])cc2)CC1)Nc1ccc([N+](=O)[O-])cc1. The van der Waals surface area contributed by atoms with Gasteiger partial charge in [0, 0.05) is 74.8 Å². The fourth-order valence-electron chi connectivity index (χ4n) is 3.16. The molecule has 1 fully saturated rings. The van der Waals surface area contributed by atoms with Crippen LogP contribution in [0, 0.1) is 20.2 Å². The molecule has 1 heterocycles. The Hall–Kier alpha value is -3.53. The molecule has 0 unspecified atom stereocenters. The number of nitrogens with one attached hydrogen (secondary N) is 1. The van der Waals surface area contributed by atoms with Crippen LogP contribution in [0.3, 0.4) is 0 Å². The highest BCUT2D eigenvalue weighted by Gasteiger charge is 2.18. The average Bonchev–Trinajstić information content (AvgIpc) is 2.73. The van der Waals surface area contributed by atoms with Crippen molar-refractivity contribution in [1.82, 2.24) is 4.90 Å². The van der Waals surface area contributed by atoms with Gasteiger partial charge in [0.2, 0.25) is 5.91 Å². The number of piperazine rings is 1. The van der Waals surface area contributed by atoms with Crippen LogP contribution < -0.4 is 10.2 Å². The molecular weight excluding hydrogens is 378 g/mol. The summed E-state index contributed by atoms with van der Waals surface area (Å²) < 4.78 is 0. The number of nitro benzene ring substituents is 2. The summed E-state index contributed by atoms with van der Waals surface area (Å²) in [6, 6.07) is 12.3. The first-order valence-corrected chi connectivity index (χ1v) is 9.18. The summed E-state index contributed by atoms with van der Waals surface area (Å²) in [5.41, 5.74) is 1.54. The number of amides is 1. The van der Waals surface area contributed by atoms with E-state index in [1.54, 1.807) is 12.1 Å². The molecule has 0 aromatic heterocycles. The van der Waals surface area contributed by atoms with Gasteiger partial charge in [-0.15, -0.1) is 0 Å². The molecule has 0 bridgehead atoms. The molecule has 0 atom stereocenters. The van der Waals surface area contributed by atoms with Crippen molar-refractivity contribution in [2.24, 2.45) is 0 Å². The van der Waals surface area contributed by atoms with Crippen molar-refractivity contribution in [3.63, 3.8) is 0 Å². The second kappa shape index (κ2) is 9.11. The number of non-ortho nitro benzene ring substituents is 2. The standard InChI is InChI=1S/C19H21N5O5/c25-19(20-15-1-3-17(4-2-15)23(26)27)9-10-21-11-13-22(14-12-21)16-5-7-18(8-6-16)24(28)29/h1-8H,9-14H2,(H,20,25). The van der Waals surface area contributed by atoms with Gasteiger partial charge in [-0.05, 0) is 24.3 Å². The number of nitrogens with zero attached hydrogens (tertiary/aromatic N) is 4. The Balaban J connectivity index is 1.41. The Morgan fingerprint density at radius 1 is 0.862 bits per heavy atom. The molecule has 1 amide bonds. The van der Waals surface area contributed by atoms with E-state index in [0.29, 0.717) is 18.7 Å².